The molecule has 0 fully saturated rings. The molecule has 39 heavy (non-hydrogen) atoms. The van der Waals surface area contributed by atoms with Gasteiger partial charge >= 0.3 is 0 Å². The van der Waals surface area contributed by atoms with Crippen molar-refractivity contribution in [2.24, 2.45) is 0 Å². The molecule has 0 aliphatic carbocycles. The Bertz CT molecular complexity index is 2570. The third-order valence-corrected chi connectivity index (χ3v) is 8.35. The molecule has 8 nitrogen and oxygen atoms in total. The first-order valence-electron chi connectivity index (χ1n) is 11.9. The lowest BCUT2D eigenvalue weighted by atomic mass is 9.77. The summed E-state index contributed by atoms with van der Waals surface area (Å²) in [6.45, 7) is 3.40. The van der Waals surface area contributed by atoms with Crippen molar-refractivity contribution < 1.29 is 35.0 Å². The number of rotatable bonds is 0. The topological polar surface area (TPSA) is 156 Å². The highest BCUT2D eigenvalue weighted by molar-refractivity contribution is 6.51. The molecule has 0 heterocycles. The van der Waals surface area contributed by atoms with E-state index in [0.29, 0.717) is 27.3 Å². The van der Waals surface area contributed by atoms with Crippen molar-refractivity contribution >= 4 is 75.4 Å². The number of aromatic hydroxyl groups is 6. The average Bonchev–Trinajstić information content (AvgIpc) is 2.86. The van der Waals surface area contributed by atoms with Gasteiger partial charge in [0, 0.05) is 49.2 Å². The van der Waals surface area contributed by atoms with Crippen LogP contribution in [0.1, 0.15) is 11.1 Å². The predicted molar refractivity (Wildman–Crippen MR) is 146 cm³/mol. The van der Waals surface area contributed by atoms with E-state index in [1.54, 1.807) is 13.8 Å². The van der Waals surface area contributed by atoms with Gasteiger partial charge in [0.15, 0.2) is 22.4 Å². The summed E-state index contributed by atoms with van der Waals surface area (Å²) >= 11 is 0. The fourth-order valence-corrected chi connectivity index (χ4v) is 7.01. The summed E-state index contributed by atoms with van der Waals surface area (Å²) in [7, 11) is 0. The molecule has 0 amide bonds. The Morgan fingerprint density at radius 2 is 0.846 bits per heavy atom. The van der Waals surface area contributed by atoms with Crippen LogP contribution < -0.4 is 10.9 Å². The number of fused-ring (bicyclic) bond motifs is 2. The summed E-state index contributed by atoms with van der Waals surface area (Å²) in [5.41, 5.74) is -0.359. The summed E-state index contributed by atoms with van der Waals surface area (Å²) in [6, 6.07) is 3.53. The molecule has 0 aliphatic heterocycles. The fraction of sp³-hybridized carbons (Fsp3) is 0.0667. The monoisotopic (exact) mass is 522 g/mol. The van der Waals surface area contributed by atoms with E-state index >= 15 is 4.39 Å². The van der Waals surface area contributed by atoms with E-state index in [0.717, 1.165) is 6.07 Å². The van der Waals surface area contributed by atoms with Crippen molar-refractivity contribution in [1.82, 2.24) is 0 Å². The molecule has 0 radical (unpaired) electrons. The summed E-state index contributed by atoms with van der Waals surface area (Å²) in [5, 5.41) is 66.9. The first-order chi connectivity index (χ1) is 18.5. The van der Waals surface area contributed by atoms with Gasteiger partial charge in [-0.1, -0.05) is 0 Å². The van der Waals surface area contributed by atoms with Gasteiger partial charge in [-0.15, -0.1) is 0 Å². The molecule has 0 unspecified atom stereocenters. The third-order valence-electron chi connectivity index (χ3n) is 8.35. The number of aryl methyl sites for hydroxylation is 2. The van der Waals surface area contributed by atoms with Gasteiger partial charge in [-0.05, 0) is 47.9 Å². The van der Waals surface area contributed by atoms with E-state index < -0.39 is 50.8 Å². The van der Waals surface area contributed by atoms with Gasteiger partial charge in [0.05, 0.1) is 21.5 Å². The van der Waals surface area contributed by atoms with Crippen molar-refractivity contribution in [2.75, 3.05) is 0 Å². The molecule has 6 N–H and O–H groups in total. The van der Waals surface area contributed by atoms with Crippen LogP contribution in [0.3, 0.4) is 0 Å². The molecular weight excluding hydrogens is 507 g/mol. The molecule has 0 aromatic heterocycles. The molecule has 9 heteroatoms. The number of benzene rings is 8. The second-order valence-electron chi connectivity index (χ2n) is 10.3. The zero-order chi connectivity index (χ0) is 27.6. The van der Waals surface area contributed by atoms with Gasteiger partial charge in [0.25, 0.3) is 0 Å². The maximum atomic E-state index is 15.3. The highest BCUT2D eigenvalue weighted by Gasteiger charge is 2.34. The van der Waals surface area contributed by atoms with Gasteiger partial charge in [0.1, 0.15) is 23.0 Å². The summed E-state index contributed by atoms with van der Waals surface area (Å²) in [6.07, 6.45) is 0. The molecule has 0 aliphatic rings. The van der Waals surface area contributed by atoms with Gasteiger partial charge in [-0.2, -0.15) is 4.39 Å². The maximum absolute atomic E-state index is 15.3. The SMILES string of the molecule is Cc1cc(O)c2c(O)c3c(O)cc(=O)c4c5c(O)c(F)c(O)c6c(O)c7c(=O)cc(C)c8c1c2c(c34)c(c65)c78. The number of hydrogen-bond donors (Lipinski definition) is 6. The third kappa shape index (κ3) is 2.05. The molecule has 190 valence electrons. The molecule has 8 rings (SSSR count). The molecule has 0 saturated carbocycles. The molecule has 0 spiro atoms. The van der Waals surface area contributed by atoms with Crippen molar-refractivity contribution in [3.8, 4) is 34.5 Å². The van der Waals surface area contributed by atoms with E-state index in [-0.39, 0.29) is 59.6 Å². The Hall–Kier alpha value is -5.31. The van der Waals surface area contributed by atoms with E-state index in [1.807, 2.05) is 0 Å². The van der Waals surface area contributed by atoms with Crippen LogP contribution in [-0.2, 0) is 0 Å². The standard InChI is InChI=1S/C30H15FO8/c1-6-3-8(32)15-18-12(6)13-7(2)4-9(33)16-19(13)22-21(18)20-14(10(34)5-11(35)17(20)27(15)36)24-23(22)25(28(16)37)30(39)26(31)29(24)38/h3-5,32,35-39H,1-2H3. The minimum Gasteiger partial charge on any atom is -0.507 e. The zero-order valence-corrected chi connectivity index (χ0v) is 20.1. The van der Waals surface area contributed by atoms with Crippen molar-refractivity contribution in [3.63, 3.8) is 0 Å². The Balaban J connectivity index is 2.04. The molecule has 0 bridgehead atoms. The second-order valence-corrected chi connectivity index (χ2v) is 10.3. The normalized spacial score (nSPS) is 12.8. The van der Waals surface area contributed by atoms with Gasteiger partial charge in [0.2, 0.25) is 5.82 Å². The number of hydrogen-bond acceptors (Lipinski definition) is 8. The average molecular weight is 522 g/mol. The lowest BCUT2D eigenvalue weighted by Gasteiger charge is -2.25. The van der Waals surface area contributed by atoms with Crippen molar-refractivity contribution in [3.05, 3.63) is 55.6 Å². The highest BCUT2D eigenvalue weighted by atomic mass is 19.1. The molecule has 0 atom stereocenters. The zero-order valence-electron chi connectivity index (χ0n) is 20.1. The van der Waals surface area contributed by atoms with Crippen LogP contribution in [-0.4, -0.2) is 30.6 Å². The quantitative estimate of drug-likeness (QED) is 0.117. The first kappa shape index (κ1) is 21.7. The van der Waals surface area contributed by atoms with Crippen LogP contribution >= 0.6 is 0 Å². The fourth-order valence-electron chi connectivity index (χ4n) is 7.01. The Kier molecular flexibility index (Phi) is 3.46. The van der Waals surface area contributed by atoms with Crippen LogP contribution in [0.4, 0.5) is 4.39 Å². The minimum absolute atomic E-state index is 0.0166. The lowest BCUT2D eigenvalue weighted by Crippen LogP contribution is -2.08. The Morgan fingerprint density at radius 1 is 0.436 bits per heavy atom. The van der Waals surface area contributed by atoms with E-state index in [2.05, 4.69) is 0 Å². The van der Waals surface area contributed by atoms with E-state index in [9.17, 15) is 40.2 Å². The van der Waals surface area contributed by atoms with Crippen LogP contribution in [0.25, 0.3) is 75.4 Å². The number of phenols is 6. The smallest absolute Gasteiger partial charge is 0.207 e. The van der Waals surface area contributed by atoms with Gasteiger partial charge in [-0.3, -0.25) is 9.59 Å². The summed E-state index contributed by atoms with van der Waals surface area (Å²) < 4.78 is 15.3. The van der Waals surface area contributed by atoms with Crippen LogP contribution in [0.2, 0.25) is 0 Å². The Labute approximate surface area is 214 Å². The first-order valence-corrected chi connectivity index (χ1v) is 11.9. The van der Waals surface area contributed by atoms with E-state index in [1.165, 1.54) is 12.1 Å². The van der Waals surface area contributed by atoms with Crippen molar-refractivity contribution in [1.29, 1.82) is 0 Å². The Morgan fingerprint density at radius 3 is 1.49 bits per heavy atom. The van der Waals surface area contributed by atoms with Gasteiger partial charge < -0.3 is 30.6 Å². The van der Waals surface area contributed by atoms with E-state index in [4.69, 9.17) is 0 Å². The van der Waals surface area contributed by atoms with Crippen LogP contribution in [0, 0.1) is 19.7 Å². The van der Waals surface area contributed by atoms with Crippen LogP contribution in [0.5, 0.6) is 34.5 Å². The number of phenolic OH excluding ortho intramolecular Hbond substituents is 6. The summed E-state index contributed by atoms with van der Waals surface area (Å²) in [4.78, 5) is 26.8. The van der Waals surface area contributed by atoms with Crippen LogP contribution in [0.15, 0.2) is 27.8 Å². The van der Waals surface area contributed by atoms with Crippen molar-refractivity contribution in [2.45, 2.75) is 13.8 Å². The van der Waals surface area contributed by atoms with Gasteiger partial charge in [-0.25, -0.2) is 0 Å². The maximum Gasteiger partial charge on any atom is 0.207 e. The predicted octanol–water partition coefficient (Wildman–Crippen LogP) is 5.22. The molecule has 0 saturated heterocycles. The molecular formula is C30H15FO8. The summed E-state index contributed by atoms with van der Waals surface area (Å²) in [5.74, 6) is -5.86. The molecule has 8 aromatic carbocycles. The second kappa shape index (κ2) is 6.21. The number of halogens is 1. The molecule has 8 aromatic rings. The largest absolute Gasteiger partial charge is 0.507 e. The lowest BCUT2D eigenvalue weighted by molar-refractivity contribution is 0.395. The minimum atomic E-state index is -1.52. The highest BCUT2D eigenvalue weighted by Crippen LogP contribution is 2.60.